The topological polar surface area (TPSA) is 52.8 Å². The zero-order chi connectivity index (χ0) is 14.4. The maximum Gasteiger partial charge on any atom is 0.124 e. The maximum atomic E-state index is 9.90. The first-order valence-corrected chi connectivity index (χ1v) is 6.73. The Bertz CT molecular complexity index is 584. The molecule has 0 heterocycles. The van der Waals surface area contributed by atoms with Crippen molar-refractivity contribution in [2.75, 3.05) is 6.54 Å². The molecule has 20 heavy (non-hydrogen) atoms. The fourth-order valence-corrected chi connectivity index (χ4v) is 2.03. The maximum absolute atomic E-state index is 9.90. The summed E-state index contributed by atoms with van der Waals surface area (Å²) in [5, 5.41) is 20.1. The normalized spacial score (nSPS) is 12.7. The van der Waals surface area contributed by atoms with Gasteiger partial charge in [0.25, 0.3) is 0 Å². The molecule has 104 valence electrons. The Morgan fingerprint density at radius 1 is 1.15 bits per heavy atom. The van der Waals surface area contributed by atoms with E-state index in [1.54, 1.807) is 12.1 Å². The summed E-state index contributed by atoms with van der Waals surface area (Å²) in [4.78, 5) is 4.15. The Hall–Kier alpha value is -1.84. The van der Waals surface area contributed by atoms with Crippen molar-refractivity contribution in [3.05, 3.63) is 64.7 Å². The Morgan fingerprint density at radius 3 is 2.65 bits per heavy atom. The standard InChI is InChI=1S/C16H16ClNO2/c17-14-6-7-16(20)13(9-14)10-18-11-15(19)8-12-4-2-1-3-5-12/h1-7,9-10,15,19-20H,8,11H2. The van der Waals surface area contributed by atoms with E-state index in [1.165, 1.54) is 12.3 Å². The van der Waals surface area contributed by atoms with Crippen molar-refractivity contribution < 1.29 is 10.2 Å². The first-order chi connectivity index (χ1) is 9.65. The van der Waals surface area contributed by atoms with Crippen LogP contribution in [0.1, 0.15) is 11.1 Å². The Morgan fingerprint density at radius 2 is 1.90 bits per heavy atom. The Labute approximate surface area is 123 Å². The molecular formula is C16H16ClNO2. The molecule has 0 saturated heterocycles. The van der Waals surface area contributed by atoms with Gasteiger partial charge in [-0.15, -0.1) is 0 Å². The molecule has 2 rings (SSSR count). The van der Waals surface area contributed by atoms with Crippen LogP contribution in [0.5, 0.6) is 5.75 Å². The van der Waals surface area contributed by atoms with Crippen molar-refractivity contribution >= 4 is 17.8 Å². The van der Waals surface area contributed by atoms with E-state index in [2.05, 4.69) is 4.99 Å². The van der Waals surface area contributed by atoms with Gasteiger partial charge in [0.1, 0.15) is 5.75 Å². The van der Waals surface area contributed by atoms with Crippen LogP contribution in [-0.2, 0) is 6.42 Å². The fraction of sp³-hybridized carbons (Fsp3) is 0.188. The number of benzene rings is 2. The molecule has 4 heteroatoms. The Kier molecular flexibility index (Phi) is 5.16. The number of aromatic hydroxyl groups is 1. The molecule has 2 aromatic rings. The molecule has 0 fully saturated rings. The summed E-state index contributed by atoms with van der Waals surface area (Å²) in [5.41, 5.74) is 1.62. The van der Waals surface area contributed by atoms with Gasteiger partial charge in [-0.25, -0.2) is 0 Å². The molecule has 0 aliphatic carbocycles. The highest BCUT2D eigenvalue weighted by Crippen LogP contribution is 2.19. The number of nitrogens with zero attached hydrogens (tertiary/aromatic N) is 1. The number of phenolic OH excluding ortho intramolecular Hbond substituents is 1. The third kappa shape index (κ3) is 4.37. The molecule has 0 saturated carbocycles. The number of phenols is 1. The molecule has 0 aliphatic heterocycles. The number of hydrogen-bond acceptors (Lipinski definition) is 3. The zero-order valence-corrected chi connectivity index (χ0v) is 11.7. The van der Waals surface area contributed by atoms with E-state index in [1.807, 2.05) is 30.3 Å². The lowest BCUT2D eigenvalue weighted by Gasteiger charge is -2.07. The van der Waals surface area contributed by atoms with Crippen LogP contribution in [0.15, 0.2) is 53.5 Å². The quantitative estimate of drug-likeness (QED) is 0.831. The molecule has 1 atom stereocenters. The van der Waals surface area contributed by atoms with Gasteiger partial charge in [-0.3, -0.25) is 4.99 Å². The minimum Gasteiger partial charge on any atom is -0.507 e. The highest BCUT2D eigenvalue weighted by molar-refractivity contribution is 6.30. The average molecular weight is 290 g/mol. The van der Waals surface area contributed by atoms with Crippen LogP contribution >= 0.6 is 11.6 Å². The second-order valence-electron chi connectivity index (χ2n) is 4.54. The predicted octanol–water partition coefficient (Wildman–Crippen LogP) is 3.07. The molecule has 0 bridgehead atoms. The van der Waals surface area contributed by atoms with Crippen molar-refractivity contribution in [2.45, 2.75) is 12.5 Å². The monoisotopic (exact) mass is 289 g/mol. The minimum absolute atomic E-state index is 0.121. The lowest BCUT2D eigenvalue weighted by Crippen LogP contribution is -2.14. The summed E-state index contributed by atoms with van der Waals surface area (Å²) < 4.78 is 0. The van der Waals surface area contributed by atoms with Crippen molar-refractivity contribution in [1.82, 2.24) is 0 Å². The SMILES string of the molecule is Oc1ccc(Cl)cc1C=NCC(O)Cc1ccccc1. The minimum atomic E-state index is -0.546. The van der Waals surface area contributed by atoms with Gasteiger partial charge in [-0.05, 0) is 23.8 Å². The van der Waals surface area contributed by atoms with Gasteiger partial charge in [0.05, 0.1) is 12.6 Å². The number of aliphatic hydroxyl groups is 1. The largest absolute Gasteiger partial charge is 0.507 e. The van der Waals surface area contributed by atoms with Gasteiger partial charge in [0.15, 0.2) is 0 Å². The highest BCUT2D eigenvalue weighted by Gasteiger charge is 2.04. The summed E-state index contributed by atoms with van der Waals surface area (Å²) in [6, 6.07) is 14.5. The van der Waals surface area contributed by atoms with Gasteiger partial charge in [0.2, 0.25) is 0 Å². The van der Waals surface area contributed by atoms with Gasteiger partial charge >= 0.3 is 0 Å². The van der Waals surface area contributed by atoms with E-state index < -0.39 is 6.10 Å². The molecule has 2 aromatic carbocycles. The molecule has 0 aliphatic rings. The van der Waals surface area contributed by atoms with Gasteiger partial charge in [0, 0.05) is 23.2 Å². The molecule has 2 N–H and O–H groups in total. The van der Waals surface area contributed by atoms with Crippen molar-refractivity contribution in [2.24, 2.45) is 4.99 Å². The molecule has 3 nitrogen and oxygen atoms in total. The predicted molar refractivity (Wildman–Crippen MR) is 81.7 cm³/mol. The van der Waals surface area contributed by atoms with Gasteiger partial charge < -0.3 is 10.2 Å². The molecular weight excluding hydrogens is 274 g/mol. The summed E-state index contributed by atoms with van der Waals surface area (Å²) in [6.07, 6.45) is 1.53. The molecule has 0 aromatic heterocycles. The van der Waals surface area contributed by atoms with Crippen LogP contribution in [0, 0.1) is 0 Å². The lowest BCUT2D eigenvalue weighted by atomic mass is 10.1. The van der Waals surface area contributed by atoms with Crippen LogP contribution in [-0.4, -0.2) is 29.1 Å². The van der Waals surface area contributed by atoms with E-state index in [9.17, 15) is 10.2 Å². The van der Waals surface area contributed by atoms with Gasteiger partial charge in [-0.2, -0.15) is 0 Å². The molecule has 0 amide bonds. The van der Waals surface area contributed by atoms with Crippen LogP contribution in [0.2, 0.25) is 5.02 Å². The van der Waals surface area contributed by atoms with Crippen LogP contribution in [0.25, 0.3) is 0 Å². The summed E-state index contributed by atoms with van der Waals surface area (Å²) in [7, 11) is 0. The molecule has 0 radical (unpaired) electrons. The third-order valence-electron chi connectivity index (χ3n) is 2.85. The van der Waals surface area contributed by atoms with Crippen LogP contribution in [0.3, 0.4) is 0 Å². The van der Waals surface area contributed by atoms with Crippen molar-refractivity contribution in [3.8, 4) is 5.75 Å². The van der Waals surface area contributed by atoms with E-state index >= 15 is 0 Å². The summed E-state index contributed by atoms with van der Waals surface area (Å²) in [6.45, 7) is 0.279. The average Bonchev–Trinajstić information content (AvgIpc) is 2.44. The lowest BCUT2D eigenvalue weighted by molar-refractivity contribution is 0.184. The van der Waals surface area contributed by atoms with Gasteiger partial charge in [-0.1, -0.05) is 41.9 Å². The molecule has 1 unspecified atom stereocenters. The zero-order valence-electron chi connectivity index (χ0n) is 10.9. The second kappa shape index (κ2) is 7.08. The van der Waals surface area contributed by atoms with Crippen LogP contribution in [0.4, 0.5) is 0 Å². The van der Waals surface area contributed by atoms with Crippen LogP contribution < -0.4 is 0 Å². The highest BCUT2D eigenvalue weighted by atomic mass is 35.5. The second-order valence-corrected chi connectivity index (χ2v) is 4.98. The fourth-order valence-electron chi connectivity index (χ4n) is 1.85. The van der Waals surface area contributed by atoms with E-state index in [0.717, 1.165) is 5.56 Å². The number of aliphatic imine (C=N–C) groups is 1. The summed E-state index contributed by atoms with van der Waals surface area (Å²) in [5.74, 6) is 0.121. The molecule has 0 spiro atoms. The van der Waals surface area contributed by atoms with E-state index in [0.29, 0.717) is 17.0 Å². The smallest absolute Gasteiger partial charge is 0.124 e. The van der Waals surface area contributed by atoms with E-state index in [4.69, 9.17) is 11.6 Å². The first kappa shape index (κ1) is 14.6. The number of rotatable bonds is 5. The van der Waals surface area contributed by atoms with Crippen molar-refractivity contribution in [3.63, 3.8) is 0 Å². The van der Waals surface area contributed by atoms with Crippen molar-refractivity contribution in [1.29, 1.82) is 0 Å². The third-order valence-corrected chi connectivity index (χ3v) is 3.09. The van der Waals surface area contributed by atoms with E-state index in [-0.39, 0.29) is 12.3 Å². The number of aliphatic hydroxyl groups excluding tert-OH is 1. The summed E-state index contributed by atoms with van der Waals surface area (Å²) >= 11 is 5.84. The Balaban J connectivity index is 1.91. The first-order valence-electron chi connectivity index (χ1n) is 6.35. The number of hydrogen-bond donors (Lipinski definition) is 2. The number of halogens is 1.